The van der Waals surface area contributed by atoms with Gasteiger partial charge in [-0.25, -0.2) is 4.39 Å². The summed E-state index contributed by atoms with van der Waals surface area (Å²) in [6.07, 6.45) is 0. The Morgan fingerprint density at radius 2 is 1.76 bits per heavy atom. The van der Waals surface area contributed by atoms with Gasteiger partial charge in [0.2, 0.25) is 0 Å². The van der Waals surface area contributed by atoms with Crippen molar-refractivity contribution < 1.29 is 18.9 Å². The third-order valence-electron chi connectivity index (χ3n) is 3.75. The van der Waals surface area contributed by atoms with E-state index in [1.54, 1.807) is 12.1 Å². The van der Waals surface area contributed by atoms with Crippen molar-refractivity contribution in [2.75, 3.05) is 11.1 Å². The minimum absolute atomic E-state index is 0.0629. The van der Waals surface area contributed by atoms with Crippen LogP contribution in [0.25, 0.3) is 0 Å². The summed E-state index contributed by atoms with van der Waals surface area (Å²) in [5, 5.41) is 21.3. The summed E-state index contributed by atoms with van der Waals surface area (Å²) in [5.41, 5.74) is 0.152. The molecular formula is C19H13FN4O4S. The van der Waals surface area contributed by atoms with Gasteiger partial charge >= 0.3 is 0 Å². The number of ketones is 1. The number of amides is 1. The standard InChI is InChI=1S/C19H13FN4O4S/c20-15-4-2-1-3-14(15)19(26)21-17-9-10-18(23-22-17)29-11-16(25)12-5-7-13(8-6-12)24(27)28/h1-10H,11H2,(H,21,22,26). The molecule has 2 aromatic carbocycles. The van der Waals surface area contributed by atoms with E-state index in [0.29, 0.717) is 10.6 Å². The van der Waals surface area contributed by atoms with Crippen molar-refractivity contribution in [3.05, 3.63) is 87.7 Å². The number of rotatable bonds is 7. The predicted molar refractivity (Wildman–Crippen MR) is 105 cm³/mol. The van der Waals surface area contributed by atoms with Crippen LogP contribution >= 0.6 is 11.8 Å². The fraction of sp³-hybridized carbons (Fsp3) is 0.0526. The Hall–Kier alpha value is -3.66. The van der Waals surface area contributed by atoms with Gasteiger partial charge in [-0.15, -0.1) is 10.2 Å². The Bertz CT molecular complexity index is 1060. The number of hydrogen-bond donors (Lipinski definition) is 1. The van der Waals surface area contributed by atoms with Crippen LogP contribution in [0.2, 0.25) is 0 Å². The lowest BCUT2D eigenvalue weighted by molar-refractivity contribution is -0.384. The second-order valence-electron chi connectivity index (χ2n) is 5.71. The number of hydrogen-bond acceptors (Lipinski definition) is 7. The highest BCUT2D eigenvalue weighted by Crippen LogP contribution is 2.19. The van der Waals surface area contributed by atoms with Crippen LogP contribution in [0.4, 0.5) is 15.9 Å². The number of Topliss-reactive ketones (excluding diaryl/α,β-unsaturated/α-hetero) is 1. The fourth-order valence-corrected chi connectivity index (χ4v) is 2.99. The number of thioether (sulfide) groups is 1. The van der Waals surface area contributed by atoms with Gasteiger partial charge in [0.25, 0.3) is 11.6 Å². The van der Waals surface area contributed by atoms with E-state index >= 15 is 0 Å². The van der Waals surface area contributed by atoms with Gasteiger partial charge in [0.15, 0.2) is 11.6 Å². The summed E-state index contributed by atoms with van der Waals surface area (Å²) < 4.78 is 13.6. The molecule has 8 nitrogen and oxygen atoms in total. The normalized spacial score (nSPS) is 10.4. The summed E-state index contributed by atoms with van der Waals surface area (Å²) in [4.78, 5) is 34.3. The maximum Gasteiger partial charge on any atom is 0.269 e. The SMILES string of the molecule is O=C(CSc1ccc(NC(=O)c2ccccc2F)nn1)c1ccc([N+](=O)[O-])cc1. The van der Waals surface area contributed by atoms with Crippen molar-refractivity contribution in [3.8, 4) is 0 Å². The first-order valence-electron chi connectivity index (χ1n) is 8.24. The van der Waals surface area contributed by atoms with E-state index < -0.39 is 16.6 Å². The zero-order valence-electron chi connectivity index (χ0n) is 14.7. The molecule has 146 valence electrons. The smallest absolute Gasteiger partial charge is 0.269 e. The third kappa shape index (κ3) is 5.20. The molecule has 0 saturated carbocycles. The van der Waals surface area contributed by atoms with Crippen molar-refractivity contribution in [2.24, 2.45) is 0 Å². The van der Waals surface area contributed by atoms with E-state index in [-0.39, 0.29) is 28.6 Å². The molecule has 0 unspecified atom stereocenters. The lowest BCUT2D eigenvalue weighted by Gasteiger charge is -2.05. The number of anilines is 1. The van der Waals surface area contributed by atoms with Gasteiger partial charge in [-0.05, 0) is 36.4 Å². The molecule has 0 radical (unpaired) electrons. The van der Waals surface area contributed by atoms with E-state index in [1.807, 2.05) is 0 Å². The number of non-ortho nitro benzene ring substituents is 1. The summed E-state index contributed by atoms with van der Waals surface area (Å²) in [6.45, 7) is 0. The molecule has 0 atom stereocenters. The van der Waals surface area contributed by atoms with Crippen LogP contribution in [0.5, 0.6) is 0 Å². The molecular weight excluding hydrogens is 399 g/mol. The number of nitrogens with one attached hydrogen (secondary N) is 1. The molecule has 1 N–H and O–H groups in total. The highest BCUT2D eigenvalue weighted by atomic mass is 32.2. The molecule has 0 aliphatic rings. The molecule has 3 rings (SSSR count). The van der Waals surface area contributed by atoms with Gasteiger partial charge < -0.3 is 5.32 Å². The highest BCUT2D eigenvalue weighted by molar-refractivity contribution is 7.99. The van der Waals surface area contributed by atoms with Crippen molar-refractivity contribution >= 4 is 35.0 Å². The van der Waals surface area contributed by atoms with E-state index in [9.17, 15) is 24.1 Å². The Morgan fingerprint density at radius 3 is 2.38 bits per heavy atom. The summed E-state index contributed by atoms with van der Waals surface area (Å²) in [6, 6.07) is 14.0. The molecule has 0 bridgehead atoms. The molecule has 29 heavy (non-hydrogen) atoms. The summed E-state index contributed by atoms with van der Waals surface area (Å²) >= 11 is 1.13. The van der Waals surface area contributed by atoms with E-state index in [4.69, 9.17) is 0 Å². The van der Waals surface area contributed by atoms with Crippen molar-refractivity contribution in [1.82, 2.24) is 10.2 Å². The van der Waals surface area contributed by atoms with Crippen LogP contribution in [-0.2, 0) is 0 Å². The number of benzene rings is 2. The van der Waals surface area contributed by atoms with Gasteiger partial charge in [0.05, 0.1) is 16.2 Å². The zero-order valence-corrected chi connectivity index (χ0v) is 15.6. The molecule has 0 aliphatic carbocycles. The van der Waals surface area contributed by atoms with Crippen LogP contribution in [0.15, 0.2) is 65.7 Å². The number of aromatic nitrogens is 2. The molecule has 0 aliphatic heterocycles. The Balaban J connectivity index is 1.56. The van der Waals surface area contributed by atoms with Gasteiger partial charge in [-0.3, -0.25) is 19.7 Å². The van der Waals surface area contributed by atoms with E-state index in [1.165, 1.54) is 48.5 Å². The zero-order chi connectivity index (χ0) is 20.8. The molecule has 1 amide bonds. The third-order valence-corrected chi connectivity index (χ3v) is 4.67. The molecule has 1 aromatic heterocycles. The first-order chi connectivity index (χ1) is 13.9. The number of carbonyl (C=O) groups is 2. The summed E-state index contributed by atoms with van der Waals surface area (Å²) in [7, 11) is 0. The largest absolute Gasteiger partial charge is 0.305 e. The predicted octanol–water partition coefficient (Wildman–Crippen LogP) is 3.75. The van der Waals surface area contributed by atoms with Crippen LogP contribution in [0, 0.1) is 15.9 Å². The second kappa shape index (κ2) is 9.02. The van der Waals surface area contributed by atoms with Crippen LogP contribution in [0.3, 0.4) is 0 Å². The van der Waals surface area contributed by atoms with Gasteiger partial charge in [-0.1, -0.05) is 23.9 Å². The van der Waals surface area contributed by atoms with Crippen LogP contribution in [-0.4, -0.2) is 32.6 Å². The topological polar surface area (TPSA) is 115 Å². The van der Waals surface area contributed by atoms with Crippen molar-refractivity contribution in [1.29, 1.82) is 0 Å². The monoisotopic (exact) mass is 412 g/mol. The first kappa shape index (κ1) is 20.1. The Kier molecular flexibility index (Phi) is 6.25. The lowest BCUT2D eigenvalue weighted by Crippen LogP contribution is -2.15. The number of halogens is 1. The highest BCUT2D eigenvalue weighted by Gasteiger charge is 2.13. The molecule has 10 heteroatoms. The number of nitrogens with zero attached hydrogens (tertiary/aromatic N) is 3. The van der Waals surface area contributed by atoms with Crippen LogP contribution < -0.4 is 5.32 Å². The number of nitro groups is 1. The Morgan fingerprint density at radius 1 is 1.03 bits per heavy atom. The number of nitro benzene ring substituents is 1. The summed E-state index contributed by atoms with van der Waals surface area (Å²) in [5.74, 6) is -1.30. The molecule has 0 spiro atoms. The van der Waals surface area contributed by atoms with E-state index in [0.717, 1.165) is 11.8 Å². The molecule has 3 aromatic rings. The van der Waals surface area contributed by atoms with Gasteiger partial charge in [-0.2, -0.15) is 0 Å². The van der Waals surface area contributed by atoms with Crippen molar-refractivity contribution in [3.63, 3.8) is 0 Å². The average Bonchev–Trinajstić information content (AvgIpc) is 2.73. The van der Waals surface area contributed by atoms with E-state index in [2.05, 4.69) is 15.5 Å². The molecule has 0 fully saturated rings. The Labute approximate surface area is 168 Å². The molecule has 1 heterocycles. The number of carbonyl (C=O) groups excluding carboxylic acids is 2. The maximum atomic E-state index is 13.6. The average molecular weight is 412 g/mol. The minimum atomic E-state index is -0.647. The van der Waals surface area contributed by atoms with Crippen molar-refractivity contribution in [2.45, 2.75) is 5.03 Å². The minimum Gasteiger partial charge on any atom is -0.305 e. The second-order valence-corrected chi connectivity index (χ2v) is 6.70. The maximum absolute atomic E-state index is 13.6. The van der Waals surface area contributed by atoms with Gasteiger partial charge in [0, 0.05) is 17.7 Å². The fourth-order valence-electron chi connectivity index (χ4n) is 2.28. The molecule has 0 saturated heterocycles. The van der Waals surface area contributed by atoms with Crippen LogP contribution in [0.1, 0.15) is 20.7 Å². The lowest BCUT2D eigenvalue weighted by atomic mass is 10.1. The quantitative estimate of drug-likeness (QED) is 0.272. The first-order valence-corrected chi connectivity index (χ1v) is 9.22. The van der Waals surface area contributed by atoms with Gasteiger partial charge in [0.1, 0.15) is 10.8 Å².